The van der Waals surface area contributed by atoms with E-state index in [9.17, 15) is 23.2 Å². The van der Waals surface area contributed by atoms with Gasteiger partial charge in [0, 0.05) is 33.3 Å². The van der Waals surface area contributed by atoms with Crippen LogP contribution in [0.25, 0.3) is 0 Å². The SMILES string of the molecule is C.CC(C)(C)OC(=O)N1CC(O)C(F)C1.CC(C)(C)OC(=O)N1CC2OC2C1.CC(C)(C)OC(=O)N1CC=CC1.CO.Cl.OC1CNCC1F. The van der Waals surface area contributed by atoms with Crippen LogP contribution in [-0.4, -0.2) is 161 Å². The zero-order chi connectivity index (χ0) is 37.0. The number of fused-ring (bicyclic) bond motifs is 1. The van der Waals surface area contributed by atoms with Gasteiger partial charge in [0.2, 0.25) is 0 Å². The molecule has 0 aromatic heterocycles. The summed E-state index contributed by atoms with van der Waals surface area (Å²) in [4.78, 5) is 38.7. The quantitative estimate of drug-likeness (QED) is 0.162. The Morgan fingerprint density at radius 2 is 1.04 bits per heavy atom. The first-order valence-corrected chi connectivity index (χ1v) is 16.1. The summed E-state index contributed by atoms with van der Waals surface area (Å²) in [5.41, 5.74) is -1.37. The number of aliphatic hydroxyl groups excluding tert-OH is 3. The average molecular weight is 749 g/mol. The minimum Gasteiger partial charge on any atom is -0.444 e. The van der Waals surface area contributed by atoms with Gasteiger partial charge in [-0.1, -0.05) is 19.6 Å². The largest absolute Gasteiger partial charge is 0.444 e. The number of morpholine rings is 1. The smallest absolute Gasteiger partial charge is 0.410 e. The molecular formula is C33H63ClF2N4O10. The number of carbonyl (C=O) groups is 3. The fourth-order valence-corrected chi connectivity index (χ4v) is 4.29. The van der Waals surface area contributed by atoms with E-state index in [1.54, 1.807) is 30.6 Å². The Morgan fingerprint density at radius 1 is 0.660 bits per heavy atom. The van der Waals surface area contributed by atoms with Crippen LogP contribution >= 0.6 is 12.4 Å². The summed E-state index contributed by atoms with van der Waals surface area (Å²) in [7, 11) is 1.00. The number of hydrogen-bond acceptors (Lipinski definition) is 11. The van der Waals surface area contributed by atoms with Crippen LogP contribution in [0.5, 0.6) is 0 Å². The second kappa shape index (κ2) is 21.8. The maximum absolute atomic E-state index is 12.9. The van der Waals surface area contributed by atoms with Crippen molar-refractivity contribution in [2.75, 3.05) is 59.5 Å². The third-order valence-electron chi connectivity index (χ3n) is 6.59. The highest BCUT2D eigenvalue weighted by atomic mass is 35.5. The molecule has 0 radical (unpaired) electrons. The molecule has 5 heterocycles. The van der Waals surface area contributed by atoms with Gasteiger partial charge in [0.25, 0.3) is 0 Å². The fraction of sp³-hybridized carbons (Fsp3) is 0.848. The van der Waals surface area contributed by atoms with Gasteiger partial charge in [-0.3, -0.25) is 0 Å². The summed E-state index contributed by atoms with van der Waals surface area (Å²) in [5, 5.41) is 27.3. The molecule has 4 N–H and O–H groups in total. The number of epoxide rings is 1. The Balaban J connectivity index is 0. The van der Waals surface area contributed by atoms with E-state index in [0.717, 1.165) is 7.11 Å². The van der Waals surface area contributed by atoms with Gasteiger partial charge < -0.3 is 54.3 Å². The average Bonchev–Trinajstić information content (AvgIpc) is 3.44. The number of ether oxygens (including phenoxy) is 4. The Bertz CT molecular complexity index is 1020. The van der Waals surface area contributed by atoms with Crippen LogP contribution in [0.3, 0.4) is 0 Å². The molecule has 0 spiro atoms. The number of alkyl halides is 2. The van der Waals surface area contributed by atoms with Crippen LogP contribution in [0.15, 0.2) is 12.2 Å². The van der Waals surface area contributed by atoms with Crippen molar-refractivity contribution in [2.45, 2.75) is 123 Å². The van der Waals surface area contributed by atoms with Crippen molar-refractivity contribution < 1.29 is 57.4 Å². The lowest BCUT2D eigenvalue weighted by Crippen LogP contribution is -2.37. The van der Waals surface area contributed by atoms with Gasteiger partial charge in [0.15, 0.2) is 0 Å². The molecule has 14 nitrogen and oxygen atoms in total. The Kier molecular flexibility index (Phi) is 21.6. The third kappa shape index (κ3) is 19.8. The van der Waals surface area contributed by atoms with Gasteiger partial charge in [-0.15, -0.1) is 12.4 Å². The van der Waals surface area contributed by atoms with E-state index in [1.807, 2.05) is 53.7 Å². The summed E-state index contributed by atoms with van der Waals surface area (Å²) in [6.45, 7) is 19.8. The van der Waals surface area contributed by atoms with Gasteiger partial charge in [-0.2, -0.15) is 0 Å². The van der Waals surface area contributed by atoms with Crippen molar-refractivity contribution in [1.29, 1.82) is 0 Å². The second-order valence-electron chi connectivity index (χ2n) is 14.7. The van der Waals surface area contributed by atoms with Gasteiger partial charge in [-0.05, 0) is 62.3 Å². The number of nitrogens with zero attached hydrogens (tertiary/aromatic N) is 3. The molecule has 5 aliphatic heterocycles. The third-order valence-corrected chi connectivity index (χ3v) is 6.59. The van der Waals surface area contributed by atoms with Gasteiger partial charge >= 0.3 is 18.3 Å². The van der Waals surface area contributed by atoms with Crippen LogP contribution in [-0.2, 0) is 18.9 Å². The molecule has 5 aliphatic rings. The number of β-amino-alcohol motifs (C(OH)–C–C–N with tert-alkyl or cyclic N) is 2. The van der Waals surface area contributed by atoms with Crippen LogP contribution in [0.2, 0.25) is 0 Å². The minimum absolute atomic E-state index is 0. The highest BCUT2D eigenvalue weighted by Crippen LogP contribution is 2.31. The number of nitrogens with one attached hydrogen (secondary N) is 1. The van der Waals surface area contributed by atoms with E-state index >= 15 is 0 Å². The van der Waals surface area contributed by atoms with E-state index in [4.69, 9.17) is 34.3 Å². The number of amides is 3. The molecule has 5 rings (SSSR count). The van der Waals surface area contributed by atoms with Crippen molar-refractivity contribution in [3.8, 4) is 0 Å². The normalized spacial score (nSPS) is 26.0. The second-order valence-corrected chi connectivity index (χ2v) is 14.7. The number of likely N-dealkylation sites (tertiary alicyclic amines) is 2. The molecule has 6 atom stereocenters. The van der Waals surface area contributed by atoms with Crippen LogP contribution in [0, 0.1) is 0 Å². The molecule has 296 valence electrons. The Hall–Kier alpha value is -2.50. The lowest BCUT2D eigenvalue weighted by atomic mass is 10.2. The summed E-state index contributed by atoms with van der Waals surface area (Å²) in [5.74, 6) is 0. The van der Waals surface area contributed by atoms with E-state index < -0.39 is 41.8 Å². The zero-order valence-corrected chi connectivity index (χ0v) is 31.3. The summed E-state index contributed by atoms with van der Waals surface area (Å²) >= 11 is 0. The number of hydrogen-bond donors (Lipinski definition) is 4. The first kappa shape index (κ1) is 49.6. The van der Waals surface area contributed by atoms with E-state index in [-0.39, 0.29) is 62.9 Å². The molecule has 0 saturated carbocycles. The molecule has 0 aromatic rings. The van der Waals surface area contributed by atoms with E-state index in [1.165, 1.54) is 4.90 Å². The molecule has 0 bridgehead atoms. The number of aliphatic hydroxyl groups is 3. The first-order valence-electron chi connectivity index (χ1n) is 16.1. The van der Waals surface area contributed by atoms with Gasteiger partial charge in [-0.25, -0.2) is 23.2 Å². The van der Waals surface area contributed by atoms with Crippen LogP contribution in [0.4, 0.5) is 23.2 Å². The lowest BCUT2D eigenvalue weighted by Gasteiger charge is -2.24. The molecule has 17 heteroatoms. The lowest BCUT2D eigenvalue weighted by molar-refractivity contribution is 0.0227. The zero-order valence-electron chi connectivity index (χ0n) is 30.5. The highest BCUT2D eigenvalue weighted by Gasteiger charge is 2.49. The molecular weight excluding hydrogens is 686 g/mol. The monoisotopic (exact) mass is 748 g/mol. The maximum atomic E-state index is 12.9. The molecule has 3 amide bonds. The van der Waals surface area contributed by atoms with Crippen LogP contribution in [0.1, 0.15) is 69.7 Å². The summed E-state index contributed by atoms with van der Waals surface area (Å²) in [6, 6.07) is 0. The Morgan fingerprint density at radius 3 is 1.32 bits per heavy atom. The molecule has 0 aliphatic carbocycles. The molecule has 50 heavy (non-hydrogen) atoms. The molecule has 6 unspecified atom stereocenters. The predicted octanol–water partition coefficient (Wildman–Crippen LogP) is 3.69. The summed E-state index contributed by atoms with van der Waals surface area (Å²) < 4.78 is 45.5. The van der Waals surface area contributed by atoms with E-state index in [0.29, 0.717) is 39.3 Å². The summed E-state index contributed by atoms with van der Waals surface area (Å²) in [6.07, 6.45) is -0.772. The number of carbonyl (C=O) groups excluding carboxylic acids is 3. The van der Waals surface area contributed by atoms with Crippen molar-refractivity contribution >= 4 is 30.7 Å². The molecule has 0 aromatic carbocycles. The number of halogens is 3. The highest BCUT2D eigenvalue weighted by molar-refractivity contribution is 5.85. The van der Waals surface area contributed by atoms with Crippen molar-refractivity contribution in [1.82, 2.24) is 20.0 Å². The van der Waals surface area contributed by atoms with Crippen LogP contribution < -0.4 is 5.32 Å². The number of rotatable bonds is 0. The van der Waals surface area contributed by atoms with Gasteiger partial charge in [0.1, 0.15) is 47.5 Å². The molecule has 4 fully saturated rings. The minimum atomic E-state index is -1.36. The molecule has 4 saturated heterocycles. The van der Waals surface area contributed by atoms with Crippen molar-refractivity contribution in [3.63, 3.8) is 0 Å². The Labute approximate surface area is 302 Å². The standard InChI is InChI=1S/C9H16FNO3.C9H15NO3.C9H15NO2.C4H8FNO.CH4O.CH4.ClH/c1-9(2,3)14-8(13)11-4-6(10)7(12)5-11;1-9(2,3)13-8(11)10-4-6-7(5-10)12-6;1-9(2,3)12-8(11)10-6-4-5-7-10;5-3-1-6-2-4(3)7;1-2;;/h6-7,12H,4-5H2,1-3H3;6-7H,4-5H2,1-3H3;4-5H,6-7H2,1-3H3;3-4,6-7H,1-2H2;2H,1H3;1H4;1H. The van der Waals surface area contributed by atoms with Gasteiger partial charge in [0.05, 0.1) is 32.3 Å². The topological polar surface area (TPSA) is 174 Å². The predicted molar refractivity (Wildman–Crippen MR) is 188 cm³/mol. The maximum Gasteiger partial charge on any atom is 0.410 e. The fourth-order valence-electron chi connectivity index (χ4n) is 4.29. The van der Waals surface area contributed by atoms with E-state index in [2.05, 4.69) is 5.32 Å². The van der Waals surface area contributed by atoms with Crippen molar-refractivity contribution in [2.24, 2.45) is 0 Å². The first-order chi connectivity index (χ1) is 22.0. The van der Waals surface area contributed by atoms with Crippen molar-refractivity contribution in [3.05, 3.63) is 12.2 Å².